The van der Waals surface area contributed by atoms with E-state index in [1.165, 1.54) is 0 Å². The van der Waals surface area contributed by atoms with E-state index < -0.39 is 0 Å². The van der Waals surface area contributed by atoms with Crippen molar-refractivity contribution in [1.82, 2.24) is 24.9 Å². The number of hydrogen-bond donors (Lipinski definition) is 1. The third kappa shape index (κ3) is 3.37. The Bertz CT molecular complexity index is 1230. The number of fused-ring (bicyclic) bond motifs is 1. The second-order valence-electron chi connectivity index (χ2n) is 7.64. The third-order valence-corrected chi connectivity index (χ3v) is 6.64. The molecule has 1 aliphatic rings. The first-order valence-corrected chi connectivity index (χ1v) is 10.7. The van der Waals surface area contributed by atoms with Crippen molar-refractivity contribution in [1.29, 1.82) is 0 Å². The second kappa shape index (κ2) is 7.67. The molecule has 1 aliphatic heterocycles. The van der Waals surface area contributed by atoms with Gasteiger partial charge in [-0.3, -0.25) is 9.59 Å². The summed E-state index contributed by atoms with van der Waals surface area (Å²) >= 11 is 10.4. The Kier molecular flexibility index (Phi) is 5.32. The first-order chi connectivity index (χ1) is 14.2. The van der Waals surface area contributed by atoms with E-state index in [0.29, 0.717) is 34.7 Å². The third-order valence-electron chi connectivity index (χ3n) is 5.54. The highest BCUT2D eigenvalue weighted by Gasteiger charge is 2.31. The Morgan fingerprint density at radius 1 is 1.23 bits per heavy atom. The van der Waals surface area contributed by atoms with Gasteiger partial charge in [0.25, 0.3) is 11.5 Å². The van der Waals surface area contributed by atoms with Gasteiger partial charge in [0.15, 0.2) is 0 Å². The number of aryl methyl sites for hydroxylation is 4. The van der Waals surface area contributed by atoms with E-state index in [1.807, 2.05) is 32.9 Å². The van der Waals surface area contributed by atoms with Crippen LogP contribution in [0, 0.1) is 20.8 Å². The molecule has 1 amide bonds. The number of pyridine rings is 1. The first kappa shape index (κ1) is 20.8. The molecule has 0 atom stereocenters. The lowest BCUT2D eigenvalue weighted by molar-refractivity contribution is 0.0726. The van der Waals surface area contributed by atoms with E-state index in [-0.39, 0.29) is 18.0 Å². The maximum absolute atomic E-state index is 13.4. The van der Waals surface area contributed by atoms with Crippen LogP contribution in [0.2, 0.25) is 5.02 Å². The Balaban J connectivity index is 1.79. The van der Waals surface area contributed by atoms with E-state index in [2.05, 4.69) is 31.2 Å². The van der Waals surface area contributed by atoms with Gasteiger partial charge in [-0.2, -0.15) is 0 Å². The molecule has 3 heterocycles. The zero-order chi connectivity index (χ0) is 21.7. The molecule has 7 nitrogen and oxygen atoms in total. The molecule has 0 saturated carbocycles. The SMILES string of the molecule is Cc1cc(C)c(CN2CCc3c(Br)cc(-c4c(C)nnn4C)c(Cl)c3C2=O)c(=O)[nH]1. The van der Waals surface area contributed by atoms with Crippen LogP contribution in [0.5, 0.6) is 0 Å². The van der Waals surface area contributed by atoms with Crippen LogP contribution in [0.1, 0.15) is 38.4 Å². The average Bonchev–Trinajstić information content (AvgIpc) is 3.00. The second-order valence-corrected chi connectivity index (χ2v) is 8.87. The average molecular weight is 491 g/mol. The Morgan fingerprint density at radius 3 is 2.60 bits per heavy atom. The summed E-state index contributed by atoms with van der Waals surface area (Å²) in [5.41, 5.74) is 5.64. The van der Waals surface area contributed by atoms with E-state index in [4.69, 9.17) is 11.6 Å². The van der Waals surface area contributed by atoms with Gasteiger partial charge in [-0.05, 0) is 50.5 Å². The highest BCUT2D eigenvalue weighted by atomic mass is 79.9. The summed E-state index contributed by atoms with van der Waals surface area (Å²) in [7, 11) is 1.79. The van der Waals surface area contributed by atoms with Crippen molar-refractivity contribution in [3.05, 3.63) is 65.6 Å². The molecule has 0 unspecified atom stereocenters. The standard InChI is InChI=1S/C21H21BrClN5O2/c1-10-7-11(2)24-20(29)15(10)9-28-6-5-13-16(22)8-14(18(23)17(13)21(28)30)19-12(3)25-26-27(19)4/h7-8H,5-6,9H2,1-4H3,(H,24,29). The summed E-state index contributed by atoms with van der Waals surface area (Å²) in [5.74, 6) is -0.184. The highest BCUT2D eigenvalue weighted by molar-refractivity contribution is 9.10. The molecule has 1 N–H and O–H groups in total. The Morgan fingerprint density at radius 2 is 1.97 bits per heavy atom. The number of H-pyrrole nitrogens is 1. The fourth-order valence-corrected chi connectivity index (χ4v) is 5.02. The molecule has 0 saturated heterocycles. The maximum atomic E-state index is 13.4. The zero-order valence-corrected chi connectivity index (χ0v) is 19.5. The number of carbonyl (C=O) groups is 1. The minimum absolute atomic E-state index is 0.163. The fraction of sp³-hybridized carbons (Fsp3) is 0.333. The molecule has 0 bridgehead atoms. The number of benzene rings is 1. The number of carbonyl (C=O) groups excluding carboxylic acids is 1. The summed E-state index contributed by atoms with van der Waals surface area (Å²) < 4.78 is 2.48. The highest BCUT2D eigenvalue weighted by Crippen LogP contribution is 2.40. The lowest BCUT2D eigenvalue weighted by Gasteiger charge is -2.31. The molecule has 30 heavy (non-hydrogen) atoms. The predicted octanol–water partition coefficient (Wildman–Crippen LogP) is 3.71. The van der Waals surface area contributed by atoms with Gasteiger partial charge in [-0.1, -0.05) is 32.7 Å². The lowest BCUT2D eigenvalue weighted by Crippen LogP contribution is -2.39. The number of aromatic nitrogens is 4. The molecule has 0 aliphatic carbocycles. The van der Waals surface area contributed by atoms with Crippen LogP contribution in [0.3, 0.4) is 0 Å². The van der Waals surface area contributed by atoms with Crippen molar-refractivity contribution in [3.63, 3.8) is 0 Å². The van der Waals surface area contributed by atoms with Crippen molar-refractivity contribution in [2.24, 2.45) is 7.05 Å². The van der Waals surface area contributed by atoms with E-state index in [0.717, 1.165) is 32.7 Å². The number of amides is 1. The van der Waals surface area contributed by atoms with Crippen LogP contribution < -0.4 is 5.56 Å². The molecular formula is C21H21BrClN5O2. The normalized spacial score (nSPS) is 13.7. The summed E-state index contributed by atoms with van der Waals surface area (Å²) in [5, 5.41) is 8.53. The first-order valence-electron chi connectivity index (χ1n) is 9.55. The molecule has 0 spiro atoms. The van der Waals surface area contributed by atoms with Gasteiger partial charge in [-0.15, -0.1) is 5.10 Å². The Labute approximate surface area is 187 Å². The lowest BCUT2D eigenvalue weighted by atomic mass is 9.94. The van der Waals surface area contributed by atoms with Crippen LogP contribution in [0.25, 0.3) is 11.3 Å². The van der Waals surface area contributed by atoms with Crippen molar-refractivity contribution < 1.29 is 4.79 Å². The molecule has 156 valence electrons. The summed E-state index contributed by atoms with van der Waals surface area (Å²) in [6.45, 7) is 6.34. The fourth-order valence-electron chi connectivity index (χ4n) is 4.06. The van der Waals surface area contributed by atoms with Crippen LogP contribution in [0.4, 0.5) is 0 Å². The number of halogens is 2. The number of rotatable bonds is 3. The number of nitrogens with one attached hydrogen (secondary N) is 1. The van der Waals surface area contributed by atoms with Gasteiger partial charge < -0.3 is 9.88 Å². The number of nitrogens with zero attached hydrogens (tertiary/aromatic N) is 4. The van der Waals surface area contributed by atoms with Gasteiger partial charge in [0.2, 0.25) is 0 Å². The summed E-state index contributed by atoms with van der Waals surface area (Å²) in [6, 6.07) is 3.84. The quantitative estimate of drug-likeness (QED) is 0.607. The predicted molar refractivity (Wildman–Crippen MR) is 119 cm³/mol. The molecule has 4 rings (SSSR count). The van der Waals surface area contributed by atoms with Crippen LogP contribution in [-0.2, 0) is 20.0 Å². The molecule has 0 radical (unpaired) electrons. The number of aromatic amines is 1. The summed E-state index contributed by atoms with van der Waals surface area (Å²) in [6.07, 6.45) is 0.646. The molecular weight excluding hydrogens is 470 g/mol. The molecule has 0 fully saturated rings. The monoisotopic (exact) mass is 489 g/mol. The van der Waals surface area contributed by atoms with Gasteiger partial charge in [-0.25, -0.2) is 4.68 Å². The van der Waals surface area contributed by atoms with Crippen molar-refractivity contribution in [2.45, 2.75) is 33.7 Å². The number of hydrogen-bond acceptors (Lipinski definition) is 4. The molecule has 3 aromatic rings. The van der Waals surface area contributed by atoms with E-state index in [1.54, 1.807) is 16.6 Å². The molecule has 2 aromatic heterocycles. The van der Waals surface area contributed by atoms with Crippen molar-refractivity contribution >= 4 is 33.4 Å². The zero-order valence-electron chi connectivity index (χ0n) is 17.1. The smallest absolute Gasteiger partial charge is 0.256 e. The van der Waals surface area contributed by atoms with Crippen LogP contribution in [-0.4, -0.2) is 37.3 Å². The molecule has 9 heteroatoms. The minimum Gasteiger partial charge on any atom is -0.334 e. The van der Waals surface area contributed by atoms with Gasteiger partial charge >= 0.3 is 0 Å². The molecule has 1 aromatic carbocycles. The largest absolute Gasteiger partial charge is 0.334 e. The summed E-state index contributed by atoms with van der Waals surface area (Å²) in [4.78, 5) is 30.4. The van der Waals surface area contributed by atoms with Gasteiger partial charge in [0.1, 0.15) is 0 Å². The minimum atomic E-state index is -0.184. The Hall–Kier alpha value is -2.45. The van der Waals surface area contributed by atoms with E-state index in [9.17, 15) is 9.59 Å². The van der Waals surface area contributed by atoms with Gasteiger partial charge in [0, 0.05) is 34.9 Å². The topological polar surface area (TPSA) is 83.9 Å². The van der Waals surface area contributed by atoms with E-state index >= 15 is 0 Å². The van der Waals surface area contributed by atoms with Crippen LogP contribution in [0.15, 0.2) is 21.4 Å². The van der Waals surface area contributed by atoms with Crippen molar-refractivity contribution in [3.8, 4) is 11.3 Å². The van der Waals surface area contributed by atoms with Crippen molar-refractivity contribution in [2.75, 3.05) is 6.54 Å². The maximum Gasteiger partial charge on any atom is 0.256 e. The van der Waals surface area contributed by atoms with Gasteiger partial charge in [0.05, 0.1) is 28.5 Å². The van der Waals surface area contributed by atoms with Crippen LogP contribution >= 0.6 is 27.5 Å².